The molecule has 0 spiro atoms. The molecule has 2 heterocycles. The molecule has 2 aromatic heterocycles. The lowest BCUT2D eigenvalue weighted by atomic mass is 9.68. The average molecular weight is 389 g/mol. The Morgan fingerprint density at radius 1 is 1.36 bits per heavy atom. The summed E-state index contributed by atoms with van der Waals surface area (Å²) in [6, 6.07) is 0. The van der Waals surface area contributed by atoms with Gasteiger partial charge in [-0.1, -0.05) is 13.0 Å². The van der Waals surface area contributed by atoms with E-state index in [4.69, 9.17) is 0 Å². The first-order chi connectivity index (χ1) is 13.0. The molecule has 1 aliphatic carbocycles. The molecule has 0 aromatic carbocycles. The zero-order chi connectivity index (χ0) is 20.7. The predicted molar refractivity (Wildman–Crippen MR) is 99.4 cm³/mol. The van der Waals surface area contributed by atoms with E-state index < -0.39 is 34.1 Å². The Balaban J connectivity index is 1.83. The fourth-order valence-corrected chi connectivity index (χ4v) is 2.93. The number of aromatic nitrogens is 4. The summed E-state index contributed by atoms with van der Waals surface area (Å²) in [7, 11) is 0. The number of carbonyl (C=O) groups is 1. The van der Waals surface area contributed by atoms with Gasteiger partial charge in [-0.25, -0.2) is 18.4 Å². The van der Waals surface area contributed by atoms with E-state index >= 15 is 0 Å². The van der Waals surface area contributed by atoms with Gasteiger partial charge in [0.05, 0.1) is 6.20 Å². The second-order valence-electron chi connectivity index (χ2n) is 7.67. The Labute approximate surface area is 160 Å². The molecule has 28 heavy (non-hydrogen) atoms. The molecule has 0 aliphatic heterocycles. The molecule has 1 amide bonds. The van der Waals surface area contributed by atoms with Crippen LogP contribution in [0, 0.1) is 12.3 Å². The summed E-state index contributed by atoms with van der Waals surface area (Å²) in [6.45, 7) is 6.93. The highest BCUT2D eigenvalue weighted by molar-refractivity contribution is 5.94. The molecule has 1 aliphatic rings. The normalized spacial score (nSPS) is 19.8. The Morgan fingerprint density at radius 2 is 2.07 bits per heavy atom. The quantitative estimate of drug-likeness (QED) is 0.841. The molecule has 0 fully saturated rings. The lowest BCUT2D eigenvalue weighted by molar-refractivity contribution is 0.0828. The van der Waals surface area contributed by atoms with Gasteiger partial charge in [0.15, 0.2) is 5.83 Å². The first-order valence-corrected chi connectivity index (χ1v) is 8.69. The van der Waals surface area contributed by atoms with Crippen molar-refractivity contribution < 1.29 is 13.6 Å². The zero-order valence-electron chi connectivity index (χ0n) is 16.0. The molecule has 7 nitrogen and oxygen atoms in total. The highest BCUT2D eigenvalue weighted by Gasteiger charge is 2.43. The molecule has 0 saturated heterocycles. The van der Waals surface area contributed by atoms with Crippen LogP contribution < -0.4 is 10.9 Å². The Hall–Kier alpha value is -3.10. The molecular weight excluding hydrogens is 368 g/mol. The monoisotopic (exact) mass is 389 g/mol. The van der Waals surface area contributed by atoms with Gasteiger partial charge in [-0.2, -0.15) is 5.10 Å². The molecule has 0 radical (unpaired) electrons. The maximum absolute atomic E-state index is 13.8. The van der Waals surface area contributed by atoms with Crippen LogP contribution >= 0.6 is 0 Å². The zero-order valence-corrected chi connectivity index (χ0v) is 16.0. The highest BCUT2D eigenvalue weighted by atomic mass is 19.2. The summed E-state index contributed by atoms with van der Waals surface area (Å²) in [5.74, 6) is -2.26. The second-order valence-corrected chi connectivity index (χ2v) is 7.67. The van der Waals surface area contributed by atoms with Gasteiger partial charge in [0.1, 0.15) is 11.4 Å². The van der Waals surface area contributed by atoms with Crippen LogP contribution in [0.3, 0.4) is 0 Å². The van der Waals surface area contributed by atoms with E-state index in [9.17, 15) is 18.4 Å². The van der Waals surface area contributed by atoms with Crippen molar-refractivity contribution in [1.29, 1.82) is 0 Å². The molecule has 3 rings (SSSR count). The molecular formula is C19H21F2N5O2. The minimum Gasteiger partial charge on any atom is -0.346 e. The van der Waals surface area contributed by atoms with Gasteiger partial charge in [0, 0.05) is 29.8 Å². The molecule has 0 bridgehead atoms. The van der Waals surface area contributed by atoms with Gasteiger partial charge < -0.3 is 5.32 Å². The van der Waals surface area contributed by atoms with Crippen LogP contribution in [-0.4, -0.2) is 31.2 Å². The van der Waals surface area contributed by atoms with Gasteiger partial charge in [-0.3, -0.25) is 14.6 Å². The number of hydrogen-bond donors (Lipinski definition) is 2. The maximum Gasteiger partial charge on any atom is 0.265 e. The fourth-order valence-electron chi connectivity index (χ4n) is 2.93. The molecule has 9 heteroatoms. The van der Waals surface area contributed by atoms with E-state index in [1.807, 2.05) is 6.92 Å². The van der Waals surface area contributed by atoms with Crippen LogP contribution in [0.25, 0.3) is 5.95 Å². The largest absolute Gasteiger partial charge is 0.346 e. The molecule has 1 atom stereocenters. The van der Waals surface area contributed by atoms with E-state index in [0.29, 0.717) is 0 Å². The van der Waals surface area contributed by atoms with Gasteiger partial charge in [0.25, 0.3) is 11.5 Å². The van der Waals surface area contributed by atoms with Crippen molar-refractivity contribution in [2.75, 3.05) is 0 Å². The fraction of sp³-hybridized carbons (Fsp3) is 0.368. The molecule has 0 saturated carbocycles. The third kappa shape index (κ3) is 3.51. The number of aryl methyl sites for hydroxylation is 1. The van der Waals surface area contributed by atoms with Crippen molar-refractivity contribution >= 4 is 5.91 Å². The first-order valence-electron chi connectivity index (χ1n) is 8.69. The summed E-state index contributed by atoms with van der Waals surface area (Å²) >= 11 is 0. The highest BCUT2D eigenvalue weighted by Crippen LogP contribution is 2.43. The molecule has 1 unspecified atom stereocenters. The third-order valence-corrected chi connectivity index (χ3v) is 5.19. The number of rotatable bonds is 4. The Bertz CT molecular complexity index is 1050. The minimum atomic E-state index is -0.969. The SMILES string of the molecule is Cc1cnn(-c2ncc(C(=O)NC(C)(C)C3(C)C=CC(F)=C(F)C3)c(=O)[nH]2)c1. The smallest absolute Gasteiger partial charge is 0.265 e. The van der Waals surface area contributed by atoms with Crippen molar-refractivity contribution in [3.05, 3.63) is 63.9 Å². The van der Waals surface area contributed by atoms with Crippen molar-refractivity contribution in [3.8, 4) is 5.95 Å². The van der Waals surface area contributed by atoms with Crippen molar-refractivity contribution in [2.45, 2.75) is 39.7 Å². The first kappa shape index (κ1) is 19.7. The molecule has 2 aromatic rings. The number of allylic oxidation sites excluding steroid dienone is 3. The number of H-pyrrole nitrogens is 1. The number of amides is 1. The maximum atomic E-state index is 13.8. The van der Waals surface area contributed by atoms with Crippen molar-refractivity contribution in [2.24, 2.45) is 5.41 Å². The van der Waals surface area contributed by atoms with Crippen LogP contribution in [-0.2, 0) is 0 Å². The number of hydrogen-bond acceptors (Lipinski definition) is 4. The lowest BCUT2D eigenvalue weighted by Gasteiger charge is -2.43. The summed E-state index contributed by atoms with van der Waals surface area (Å²) < 4.78 is 28.5. The number of aromatic amines is 1. The van der Waals surface area contributed by atoms with Gasteiger partial charge in [0.2, 0.25) is 5.95 Å². The second kappa shape index (κ2) is 6.81. The summed E-state index contributed by atoms with van der Waals surface area (Å²) in [6.07, 6.45) is 6.83. The summed E-state index contributed by atoms with van der Waals surface area (Å²) in [5, 5.41) is 6.79. The lowest BCUT2D eigenvalue weighted by Crippen LogP contribution is -2.55. The predicted octanol–water partition coefficient (Wildman–Crippen LogP) is 2.89. The molecule has 2 N–H and O–H groups in total. The van der Waals surface area contributed by atoms with Crippen LogP contribution in [0.5, 0.6) is 0 Å². The number of nitrogens with zero attached hydrogens (tertiary/aromatic N) is 3. The van der Waals surface area contributed by atoms with Crippen LogP contribution in [0.15, 0.2) is 47.2 Å². The van der Waals surface area contributed by atoms with E-state index in [1.54, 1.807) is 33.2 Å². The topological polar surface area (TPSA) is 92.7 Å². The Morgan fingerprint density at radius 3 is 2.64 bits per heavy atom. The van der Waals surface area contributed by atoms with Crippen LogP contribution in [0.4, 0.5) is 8.78 Å². The van der Waals surface area contributed by atoms with Crippen LogP contribution in [0.2, 0.25) is 0 Å². The third-order valence-electron chi connectivity index (χ3n) is 5.19. The van der Waals surface area contributed by atoms with E-state index in [-0.39, 0.29) is 17.9 Å². The van der Waals surface area contributed by atoms with E-state index in [1.165, 1.54) is 10.8 Å². The standard InChI is InChI=1S/C19H21F2N5O2/c1-11-8-23-26(10-11)17-22-9-12(15(27)24-17)16(28)25-18(2,3)19(4)6-5-13(20)14(21)7-19/h5-6,8-10H,7H2,1-4H3,(H,25,28)(H,22,24,27). The van der Waals surface area contributed by atoms with Crippen molar-refractivity contribution in [1.82, 2.24) is 25.1 Å². The number of carbonyl (C=O) groups excluding carboxylic acids is 1. The van der Waals surface area contributed by atoms with Gasteiger partial charge >= 0.3 is 0 Å². The summed E-state index contributed by atoms with van der Waals surface area (Å²) in [5.41, 5.74) is -1.78. The van der Waals surface area contributed by atoms with Gasteiger partial charge in [-0.15, -0.1) is 0 Å². The average Bonchev–Trinajstić information content (AvgIpc) is 3.04. The van der Waals surface area contributed by atoms with Crippen LogP contribution in [0.1, 0.15) is 43.1 Å². The van der Waals surface area contributed by atoms with Crippen molar-refractivity contribution in [3.63, 3.8) is 0 Å². The summed E-state index contributed by atoms with van der Waals surface area (Å²) in [4.78, 5) is 31.6. The van der Waals surface area contributed by atoms with E-state index in [0.717, 1.165) is 17.8 Å². The minimum absolute atomic E-state index is 0.179. The van der Waals surface area contributed by atoms with E-state index in [2.05, 4.69) is 20.4 Å². The number of nitrogens with one attached hydrogen (secondary N) is 2. The Kier molecular flexibility index (Phi) is 4.78. The molecule has 148 valence electrons. The van der Waals surface area contributed by atoms with Gasteiger partial charge in [-0.05, 0) is 32.4 Å². The number of halogens is 2.